The molecule has 2 unspecified atom stereocenters. The van der Waals surface area contributed by atoms with Crippen LogP contribution in [0.15, 0.2) is 47.8 Å². The topological polar surface area (TPSA) is 65.0 Å². The second kappa shape index (κ2) is 7.12. The highest BCUT2D eigenvalue weighted by Crippen LogP contribution is 2.30. The average molecular weight is 357 g/mol. The van der Waals surface area contributed by atoms with Crippen LogP contribution in [0.4, 0.5) is 0 Å². The SMILES string of the molecule is OC(CC1C=C(Cl)C=CC1)N1CCc2[nH]nc(-c3ccncc3)c2C1. The summed E-state index contributed by atoms with van der Waals surface area (Å²) in [7, 11) is 0. The molecule has 0 saturated carbocycles. The maximum atomic E-state index is 10.7. The largest absolute Gasteiger partial charge is 0.378 e. The first-order chi connectivity index (χ1) is 12.2. The Labute approximate surface area is 152 Å². The molecular formula is C19H21ClN4O. The van der Waals surface area contributed by atoms with Gasteiger partial charge in [0.2, 0.25) is 0 Å². The van der Waals surface area contributed by atoms with Crippen molar-refractivity contribution in [2.75, 3.05) is 6.54 Å². The zero-order valence-electron chi connectivity index (χ0n) is 13.9. The first-order valence-corrected chi connectivity index (χ1v) is 9.01. The van der Waals surface area contributed by atoms with Gasteiger partial charge in [0.15, 0.2) is 0 Å². The number of aliphatic hydroxyl groups excluding tert-OH is 1. The molecule has 25 heavy (non-hydrogen) atoms. The lowest BCUT2D eigenvalue weighted by Crippen LogP contribution is -2.40. The number of rotatable bonds is 4. The van der Waals surface area contributed by atoms with Gasteiger partial charge in [-0.2, -0.15) is 5.10 Å². The van der Waals surface area contributed by atoms with Gasteiger partial charge < -0.3 is 5.11 Å². The maximum absolute atomic E-state index is 10.7. The Kier molecular flexibility index (Phi) is 4.70. The van der Waals surface area contributed by atoms with Crippen molar-refractivity contribution >= 4 is 11.6 Å². The van der Waals surface area contributed by atoms with E-state index < -0.39 is 6.23 Å². The predicted octanol–water partition coefficient (Wildman–Crippen LogP) is 3.24. The monoisotopic (exact) mass is 356 g/mol. The summed E-state index contributed by atoms with van der Waals surface area (Å²) in [5.41, 5.74) is 4.35. The van der Waals surface area contributed by atoms with E-state index in [0.29, 0.717) is 13.0 Å². The van der Waals surface area contributed by atoms with Crippen molar-refractivity contribution in [3.8, 4) is 11.3 Å². The van der Waals surface area contributed by atoms with Crippen LogP contribution in [-0.4, -0.2) is 38.0 Å². The van der Waals surface area contributed by atoms with E-state index in [4.69, 9.17) is 11.6 Å². The number of halogens is 1. The van der Waals surface area contributed by atoms with Crippen LogP contribution in [0.5, 0.6) is 0 Å². The number of nitrogens with zero attached hydrogens (tertiary/aromatic N) is 3. The molecule has 1 aliphatic carbocycles. The predicted molar refractivity (Wildman–Crippen MR) is 97.7 cm³/mol. The lowest BCUT2D eigenvalue weighted by molar-refractivity contribution is -0.0185. The minimum atomic E-state index is -0.481. The Bertz CT molecular complexity index is 799. The normalized spacial score (nSPS) is 21.7. The molecule has 0 spiro atoms. The standard InChI is InChI=1S/C19H21ClN4O/c20-15-3-1-2-13(10-15)11-18(25)24-9-6-17-16(12-24)19(23-22-17)14-4-7-21-8-5-14/h1,3-5,7-8,10,13,18,25H,2,6,9,11-12H2,(H,22,23). The first-order valence-electron chi connectivity index (χ1n) is 8.63. The number of fused-ring (bicyclic) bond motifs is 1. The van der Waals surface area contributed by atoms with Gasteiger partial charge in [-0.05, 0) is 37.0 Å². The third kappa shape index (κ3) is 3.54. The molecule has 2 N–H and O–H groups in total. The van der Waals surface area contributed by atoms with Crippen LogP contribution in [0.1, 0.15) is 24.1 Å². The molecule has 0 amide bonds. The van der Waals surface area contributed by atoms with Crippen molar-refractivity contribution in [2.24, 2.45) is 5.92 Å². The minimum absolute atomic E-state index is 0.290. The highest BCUT2D eigenvalue weighted by atomic mass is 35.5. The third-order valence-electron chi connectivity index (χ3n) is 4.96. The minimum Gasteiger partial charge on any atom is -0.378 e. The number of aromatic amines is 1. The summed E-state index contributed by atoms with van der Waals surface area (Å²) in [5.74, 6) is 0.290. The molecule has 2 aliphatic rings. The molecule has 0 fully saturated rings. The summed E-state index contributed by atoms with van der Waals surface area (Å²) in [6, 6.07) is 3.93. The van der Waals surface area contributed by atoms with Gasteiger partial charge in [-0.15, -0.1) is 0 Å². The molecule has 4 rings (SSSR count). The average Bonchev–Trinajstić information content (AvgIpc) is 3.05. The van der Waals surface area contributed by atoms with Crippen LogP contribution >= 0.6 is 11.6 Å². The van der Waals surface area contributed by atoms with Gasteiger partial charge in [-0.3, -0.25) is 15.0 Å². The van der Waals surface area contributed by atoms with Crippen LogP contribution in [0.25, 0.3) is 11.3 Å². The molecule has 5 nitrogen and oxygen atoms in total. The van der Waals surface area contributed by atoms with Gasteiger partial charge in [-0.25, -0.2) is 0 Å². The molecule has 2 aromatic heterocycles. The van der Waals surface area contributed by atoms with E-state index in [1.165, 1.54) is 11.3 Å². The van der Waals surface area contributed by atoms with Crippen LogP contribution in [0.2, 0.25) is 0 Å². The van der Waals surface area contributed by atoms with Crippen molar-refractivity contribution in [3.63, 3.8) is 0 Å². The first kappa shape index (κ1) is 16.5. The van der Waals surface area contributed by atoms with E-state index in [1.54, 1.807) is 12.4 Å². The molecule has 0 bridgehead atoms. The van der Waals surface area contributed by atoms with Crippen molar-refractivity contribution in [1.29, 1.82) is 0 Å². The van der Waals surface area contributed by atoms with Gasteiger partial charge in [-0.1, -0.05) is 23.8 Å². The number of aromatic nitrogens is 3. The lowest BCUT2D eigenvalue weighted by Gasteiger charge is -2.33. The lowest BCUT2D eigenvalue weighted by atomic mass is 9.95. The van der Waals surface area contributed by atoms with Gasteiger partial charge in [0, 0.05) is 53.8 Å². The quantitative estimate of drug-likeness (QED) is 0.882. The highest BCUT2D eigenvalue weighted by Gasteiger charge is 2.27. The van der Waals surface area contributed by atoms with E-state index >= 15 is 0 Å². The summed E-state index contributed by atoms with van der Waals surface area (Å²) in [4.78, 5) is 6.20. The van der Waals surface area contributed by atoms with E-state index in [9.17, 15) is 5.11 Å². The molecule has 0 saturated heterocycles. The number of hydrogen-bond donors (Lipinski definition) is 2. The summed E-state index contributed by atoms with van der Waals surface area (Å²) in [5, 5.41) is 19.1. The summed E-state index contributed by atoms with van der Waals surface area (Å²) >= 11 is 6.08. The van der Waals surface area contributed by atoms with Gasteiger partial charge in [0.1, 0.15) is 6.23 Å². The number of allylic oxidation sites excluding steroid dienone is 4. The molecule has 2 atom stereocenters. The second-order valence-electron chi connectivity index (χ2n) is 6.65. The van der Waals surface area contributed by atoms with Gasteiger partial charge in [0.05, 0.1) is 5.69 Å². The highest BCUT2D eigenvalue weighted by molar-refractivity contribution is 6.31. The molecule has 0 radical (unpaired) electrons. The molecule has 0 aromatic carbocycles. The molecule has 130 valence electrons. The van der Waals surface area contributed by atoms with Crippen LogP contribution in [0.3, 0.4) is 0 Å². The van der Waals surface area contributed by atoms with Crippen molar-refractivity contribution in [3.05, 3.63) is 59.0 Å². The Balaban J connectivity index is 1.49. The molecule has 6 heteroatoms. The maximum Gasteiger partial charge on any atom is 0.108 e. The Hall–Kier alpha value is -1.95. The summed E-state index contributed by atoms with van der Waals surface area (Å²) in [6.07, 6.45) is 11.6. The fraction of sp³-hybridized carbons (Fsp3) is 0.368. The summed E-state index contributed by atoms with van der Waals surface area (Å²) < 4.78 is 0. The van der Waals surface area contributed by atoms with E-state index in [-0.39, 0.29) is 5.92 Å². The van der Waals surface area contributed by atoms with Gasteiger partial charge >= 0.3 is 0 Å². The zero-order valence-corrected chi connectivity index (χ0v) is 14.7. The smallest absolute Gasteiger partial charge is 0.108 e. The molecule has 3 heterocycles. The molecule has 2 aromatic rings. The fourth-order valence-corrected chi connectivity index (χ4v) is 3.87. The number of H-pyrrole nitrogens is 1. The number of nitrogens with one attached hydrogen (secondary N) is 1. The van der Waals surface area contributed by atoms with E-state index in [1.807, 2.05) is 24.3 Å². The Morgan fingerprint density at radius 1 is 1.36 bits per heavy atom. The van der Waals surface area contributed by atoms with E-state index in [0.717, 1.165) is 35.7 Å². The number of pyridine rings is 1. The molecular weight excluding hydrogens is 336 g/mol. The van der Waals surface area contributed by atoms with Crippen molar-refractivity contribution in [2.45, 2.75) is 32.0 Å². The third-order valence-corrected chi connectivity index (χ3v) is 5.21. The number of aliphatic hydroxyl groups is 1. The van der Waals surface area contributed by atoms with Gasteiger partial charge in [0.25, 0.3) is 0 Å². The zero-order chi connectivity index (χ0) is 17.2. The van der Waals surface area contributed by atoms with Crippen molar-refractivity contribution < 1.29 is 5.11 Å². The Morgan fingerprint density at radius 3 is 3.00 bits per heavy atom. The van der Waals surface area contributed by atoms with Crippen LogP contribution in [0, 0.1) is 5.92 Å². The second-order valence-corrected chi connectivity index (χ2v) is 7.09. The van der Waals surface area contributed by atoms with Crippen molar-refractivity contribution in [1.82, 2.24) is 20.1 Å². The van der Waals surface area contributed by atoms with Crippen LogP contribution in [-0.2, 0) is 13.0 Å². The van der Waals surface area contributed by atoms with E-state index in [2.05, 4.69) is 26.2 Å². The molecule has 1 aliphatic heterocycles. The number of hydrogen-bond acceptors (Lipinski definition) is 4. The van der Waals surface area contributed by atoms with Crippen LogP contribution < -0.4 is 0 Å². The Morgan fingerprint density at radius 2 is 2.20 bits per heavy atom. The summed E-state index contributed by atoms with van der Waals surface area (Å²) in [6.45, 7) is 1.52. The fourth-order valence-electron chi connectivity index (χ4n) is 3.61.